The second kappa shape index (κ2) is 3.17. The summed E-state index contributed by atoms with van der Waals surface area (Å²) in [6, 6.07) is 3.92. The van der Waals surface area contributed by atoms with Crippen LogP contribution in [0.4, 0.5) is 0 Å². The van der Waals surface area contributed by atoms with Gasteiger partial charge in [0.25, 0.3) is 0 Å². The third-order valence-electron chi connectivity index (χ3n) is 1.74. The molecule has 0 fully saturated rings. The molecule has 0 amide bonds. The Bertz CT molecular complexity index is 262. The van der Waals surface area contributed by atoms with E-state index in [0.717, 1.165) is 4.88 Å². The Balaban J connectivity index is 2.85. The molecule has 1 rings (SSSR count). The molecule has 1 heterocycles. The molecule has 3 N–H and O–H groups in total. The highest BCUT2D eigenvalue weighted by atomic mass is 32.1. The van der Waals surface area contributed by atoms with Crippen LogP contribution < -0.4 is 5.73 Å². The molecule has 0 spiro atoms. The smallest absolute Gasteiger partial charge is 0.105 e. The van der Waals surface area contributed by atoms with E-state index in [1.165, 1.54) is 4.88 Å². The van der Waals surface area contributed by atoms with Crippen molar-refractivity contribution in [3.63, 3.8) is 0 Å². The summed E-state index contributed by atoms with van der Waals surface area (Å²) in [6.07, 6.45) is -0.559. The van der Waals surface area contributed by atoms with Gasteiger partial charge in [0, 0.05) is 15.3 Å². The van der Waals surface area contributed by atoms with Gasteiger partial charge in [0.2, 0.25) is 0 Å². The number of hydrogen-bond acceptors (Lipinski definition) is 3. The lowest BCUT2D eigenvalue weighted by molar-refractivity contribution is 0.108. The molecule has 1 aromatic rings. The first kappa shape index (κ1) is 9.71. The molecule has 0 bridgehead atoms. The van der Waals surface area contributed by atoms with Crippen LogP contribution in [-0.2, 0) is 0 Å². The lowest BCUT2D eigenvalue weighted by Gasteiger charge is -2.24. The summed E-state index contributed by atoms with van der Waals surface area (Å²) in [6.45, 7) is 5.67. The first-order valence-corrected chi connectivity index (χ1v) is 4.76. The number of thiophene rings is 1. The van der Waals surface area contributed by atoms with Gasteiger partial charge in [-0.1, -0.05) is 0 Å². The Morgan fingerprint density at radius 2 is 2.08 bits per heavy atom. The van der Waals surface area contributed by atoms with Gasteiger partial charge in [0.1, 0.15) is 6.10 Å². The maximum absolute atomic E-state index is 9.76. The lowest BCUT2D eigenvalue weighted by atomic mass is 9.98. The van der Waals surface area contributed by atoms with Crippen LogP contribution in [0.15, 0.2) is 12.1 Å². The van der Waals surface area contributed by atoms with Crippen molar-refractivity contribution < 1.29 is 5.11 Å². The van der Waals surface area contributed by atoms with E-state index in [9.17, 15) is 5.11 Å². The molecule has 1 aromatic heterocycles. The van der Waals surface area contributed by atoms with Crippen molar-refractivity contribution in [3.8, 4) is 0 Å². The molecular formula is C9H15NOS. The van der Waals surface area contributed by atoms with Gasteiger partial charge in [-0.25, -0.2) is 0 Å². The minimum absolute atomic E-state index is 0.558. The highest BCUT2D eigenvalue weighted by Crippen LogP contribution is 2.28. The zero-order chi connectivity index (χ0) is 9.35. The van der Waals surface area contributed by atoms with E-state index in [1.807, 2.05) is 32.9 Å². The maximum atomic E-state index is 9.76. The van der Waals surface area contributed by atoms with Gasteiger partial charge in [0.15, 0.2) is 0 Å². The quantitative estimate of drug-likeness (QED) is 0.738. The molecule has 0 aliphatic rings. The summed E-state index contributed by atoms with van der Waals surface area (Å²) in [4.78, 5) is 2.15. The molecule has 0 radical (unpaired) electrons. The molecule has 0 saturated heterocycles. The largest absolute Gasteiger partial charge is 0.386 e. The lowest BCUT2D eigenvalue weighted by Crippen LogP contribution is -2.38. The fourth-order valence-electron chi connectivity index (χ4n) is 0.967. The van der Waals surface area contributed by atoms with Crippen LogP contribution in [0.5, 0.6) is 0 Å². The Labute approximate surface area is 77.0 Å². The number of aryl methyl sites for hydroxylation is 1. The van der Waals surface area contributed by atoms with Crippen molar-refractivity contribution in [2.75, 3.05) is 0 Å². The highest BCUT2D eigenvalue weighted by molar-refractivity contribution is 7.12. The van der Waals surface area contributed by atoms with E-state index in [2.05, 4.69) is 0 Å². The normalized spacial score (nSPS) is 14.8. The van der Waals surface area contributed by atoms with Gasteiger partial charge in [-0.05, 0) is 32.9 Å². The monoisotopic (exact) mass is 185 g/mol. The topological polar surface area (TPSA) is 46.2 Å². The molecule has 12 heavy (non-hydrogen) atoms. The fourth-order valence-corrected chi connectivity index (χ4v) is 2.03. The highest BCUT2D eigenvalue weighted by Gasteiger charge is 2.25. The summed E-state index contributed by atoms with van der Waals surface area (Å²) >= 11 is 1.59. The van der Waals surface area contributed by atoms with Crippen molar-refractivity contribution in [2.24, 2.45) is 5.73 Å². The molecule has 1 atom stereocenters. The van der Waals surface area contributed by atoms with Crippen molar-refractivity contribution in [1.29, 1.82) is 0 Å². The standard InChI is InChI=1S/C9H15NOS/c1-6-4-5-7(12-6)8(11)9(2,3)10/h4-5,8,11H,10H2,1-3H3. The van der Waals surface area contributed by atoms with Crippen molar-refractivity contribution >= 4 is 11.3 Å². The maximum Gasteiger partial charge on any atom is 0.105 e. The zero-order valence-corrected chi connectivity index (χ0v) is 8.48. The van der Waals surface area contributed by atoms with Gasteiger partial charge >= 0.3 is 0 Å². The Kier molecular flexibility index (Phi) is 2.56. The van der Waals surface area contributed by atoms with Crippen LogP contribution in [0.25, 0.3) is 0 Å². The number of hydrogen-bond donors (Lipinski definition) is 2. The van der Waals surface area contributed by atoms with E-state index in [-0.39, 0.29) is 0 Å². The van der Waals surface area contributed by atoms with Crippen molar-refractivity contribution in [3.05, 3.63) is 21.9 Å². The summed E-state index contributed by atoms with van der Waals surface area (Å²) in [5, 5.41) is 9.76. The fraction of sp³-hybridized carbons (Fsp3) is 0.556. The predicted octanol–water partition coefficient (Wildman–Crippen LogP) is 1.83. The SMILES string of the molecule is Cc1ccc(C(O)C(C)(C)N)s1. The van der Waals surface area contributed by atoms with E-state index in [4.69, 9.17) is 5.73 Å². The van der Waals surface area contributed by atoms with Gasteiger partial charge in [-0.2, -0.15) is 0 Å². The second-order valence-electron chi connectivity index (χ2n) is 3.67. The zero-order valence-electron chi connectivity index (χ0n) is 7.66. The van der Waals surface area contributed by atoms with Crippen LogP contribution >= 0.6 is 11.3 Å². The average molecular weight is 185 g/mol. The summed E-state index contributed by atoms with van der Waals surface area (Å²) < 4.78 is 0. The number of aliphatic hydroxyl groups excluding tert-OH is 1. The molecule has 3 heteroatoms. The first-order chi connectivity index (χ1) is 5.41. The van der Waals surface area contributed by atoms with E-state index in [1.54, 1.807) is 11.3 Å². The van der Waals surface area contributed by atoms with Crippen molar-refractivity contribution in [2.45, 2.75) is 32.4 Å². The second-order valence-corrected chi connectivity index (χ2v) is 4.99. The van der Waals surface area contributed by atoms with E-state index in [0.29, 0.717) is 0 Å². The van der Waals surface area contributed by atoms with Crippen LogP contribution in [-0.4, -0.2) is 10.6 Å². The van der Waals surface area contributed by atoms with E-state index >= 15 is 0 Å². The predicted molar refractivity (Wildman–Crippen MR) is 52.3 cm³/mol. The van der Waals surface area contributed by atoms with Gasteiger partial charge in [-0.3, -0.25) is 0 Å². The Morgan fingerprint density at radius 3 is 2.42 bits per heavy atom. The van der Waals surface area contributed by atoms with Crippen LogP contribution in [0.2, 0.25) is 0 Å². The Morgan fingerprint density at radius 1 is 1.50 bits per heavy atom. The third-order valence-corrected chi connectivity index (χ3v) is 2.79. The van der Waals surface area contributed by atoms with Gasteiger partial charge in [-0.15, -0.1) is 11.3 Å². The molecular weight excluding hydrogens is 170 g/mol. The number of nitrogens with two attached hydrogens (primary N) is 1. The average Bonchev–Trinajstić information content (AvgIpc) is 2.32. The number of aliphatic hydroxyl groups is 1. The molecule has 2 nitrogen and oxygen atoms in total. The van der Waals surface area contributed by atoms with Crippen LogP contribution in [0.1, 0.15) is 29.7 Å². The minimum Gasteiger partial charge on any atom is -0.386 e. The molecule has 0 saturated carbocycles. The molecule has 68 valence electrons. The van der Waals surface area contributed by atoms with Crippen LogP contribution in [0.3, 0.4) is 0 Å². The molecule has 0 aromatic carbocycles. The summed E-state index contributed by atoms with van der Waals surface area (Å²) in [7, 11) is 0. The minimum atomic E-state index is -0.559. The van der Waals surface area contributed by atoms with Gasteiger partial charge < -0.3 is 10.8 Å². The summed E-state index contributed by atoms with van der Waals surface area (Å²) in [5.41, 5.74) is 5.22. The first-order valence-electron chi connectivity index (χ1n) is 3.94. The van der Waals surface area contributed by atoms with Gasteiger partial charge in [0.05, 0.1) is 0 Å². The molecule has 1 unspecified atom stereocenters. The molecule has 0 aliphatic heterocycles. The Hall–Kier alpha value is -0.380. The van der Waals surface area contributed by atoms with Crippen molar-refractivity contribution in [1.82, 2.24) is 0 Å². The summed E-state index contributed by atoms with van der Waals surface area (Å²) in [5.74, 6) is 0. The van der Waals surface area contributed by atoms with Crippen LogP contribution in [0, 0.1) is 6.92 Å². The molecule has 0 aliphatic carbocycles. The third kappa shape index (κ3) is 2.06. The van der Waals surface area contributed by atoms with E-state index < -0.39 is 11.6 Å². The number of rotatable bonds is 2.